The zero-order valence-electron chi connectivity index (χ0n) is 7.59. The molecule has 1 unspecified atom stereocenters. The van der Waals surface area contributed by atoms with Crippen molar-refractivity contribution in [3.05, 3.63) is 26.0 Å². The lowest BCUT2D eigenvalue weighted by atomic mass is 10.3. The van der Waals surface area contributed by atoms with Gasteiger partial charge in [0.1, 0.15) is 15.4 Å². The first kappa shape index (κ1) is 11.8. The van der Waals surface area contributed by atoms with E-state index in [1.165, 1.54) is 17.5 Å². The van der Waals surface area contributed by atoms with Gasteiger partial charge in [-0.2, -0.15) is 5.26 Å². The molecular formula is C7H7ClN6S. The van der Waals surface area contributed by atoms with E-state index >= 15 is 0 Å². The quantitative estimate of drug-likeness (QED) is 0.371. The van der Waals surface area contributed by atoms with Crippen LogP contribution in [0.3, 0.4) is 0 Å². The first-order valence-corrected chi connectivity index (χ1v) is 5.22. The van der Waals surface area contributed by atoms with Gasteiger partial charge in [-0.25, -0.2) is 4.98 Å². The molecule has 0 aromatic carbocycles. The van der Waals surface area contributed by atoms with E-state index < -0.39 is 6.04 Å². The van der Waals surface area contributed by atoms with Crippen molar-refractivity contribution in [3.8, 4) is 6.07 Å². The number of nitrogens with one attached hydrogen (secondary N) is 1. The van der Waals surface area contributed by atoms with Crippen molar-refractivity contribution in [2.24, 2.45) is 5.11 Å². The summed E-state index contributed by atoms with van der Waals surface area (Å²) in [6, 6.07) is 1.55. The van der Waals surface area contributed by atoms with Crippen LogP contribution < -0.4 is 5.32 Å². The molecule has 1 N–H and O–H groups in total. The maximum Gasteiger partial charge on any atom is 0.148 e. The Morgan fingerprint density at radius 2 is 2.67 bits per heavy atom. The van der Waals surface area contributed by atoms with Crippen LogP contribution in [0.1, 0.15) is 11.0 Å². The van der Waals surface area contributed by atoms with E-state index in [1.807, 2.05) is 0 Å². The first-order valence-electron chi connectivity index (χ1n) is 4.03. The Morgan fingerprint density at radius 1 is 1.87 bits per heavy atom. The highest BCUT2D eigenvalue weighted by atomic mass is 35.5. The molecule has 0 saturated carbocycles. The molecule has 1 heterocycles. The summed E-state index contributed by atoms with van der Waals surface area (Å²) >= 11 is 6.95. The molecule has 8 heteroatoms. The van der Waals surface area contributed by atoms with Gasteiger partial charge in [-0.05, 0) is 5.53 Å². The average molecular weight is 243 g/mol. The zero-order chi connectivity index (χ0) is 11.1. The third kappa shape index (κ3) is 3.73. The molecule has 1 atom stereocenters. The summed E-state index contributed by atoms with van der Waals surface area (Å²) in [5, 5.41) is 15.7. The monoisotopic (exact) mass is 242 g/mol. The maximum atomic E-state index is 8.85. The number of aromatic nitrogens is 1. The van der Waals surface area contributed by atoms with Gasteiger partial charge in [-0.1, -0.05) is 16.7 Å². The Hall–Kier alpha value is -1.32. The fraction of sp³-hybridized carbons (Fsp3) is 0.429. The number of thiazole rings is 1. The van der Waals surface area contributed by atoms with E-state index in [0.29, 0.717) is 22.4 Å². The molecular weight excluding hydrogens is 236 g/mol. The van der Waals surface area contributed by atoms with Gasteiger partial charge in [-0.3, -0.25) is 5.32 Å². The van der Waals surface area contributed by atoms with E-state index in [4.69, 9.17) is 22.4 Å². The van der Waals surface area contributed by atoms with Crippen LogP contribution in [0.5, 0.6) is 0 Å². The maximum absolute atomic E-state index is 8.85. The van der Waals surface area contributed by atoms with Crippen molar-refractivity contribution < 1.29 is 0 Å². The smallest absolute Gasteiger partial charge is 0.148 e. The summed E-state index contributed by atoms with van der Waals surface area (Å²) in [6.45, 7) is 0.729. The molecule has 78 valence electrons. The SMILES string of the molecule is N#CC(NCCN=[N+]=[N-])c1ncc(Cl)s1. The van der Waals surface area contributed by atoms with E-state index in [0.717, 1.165) is 0 Å². The second-order valence-corrected chi connectivity index (χ2v) is 4.17. The molecule has 0 amide bonds. The number of nitriles is 1. The van der Waals surface area contributed by atoms with Crippen molar-refractivity contribution in [3.63, 3.8) is 0 Å². The van der Waals surface area contributed by atoms with Crippen LogP contribution >= 0.6 is 22.9 Å². The first-order chi connectivity index (χ1) is 7.27. The van der Waals surface area contributed by atoms with E-state index in [2.05, 4.69) is 26.4 Å². The molecule has 0 aliphatic heterocycles. The van der Waals surface area contributed by atoms with Crippen molar-refractivity contribution >= 4 is 22.9 Å². The number of nitrogens with zero attached hydrogens (tertiary/aromatic N) is 5. The third-order valence-electron chi connectivity index (χ3n) is 1.49. The minimum Gasteiger partial charge on any atom is -0.296 e. The van der Waals surface area contributed by atoms with Crippen molar-refractivity contribution in [1.82, 2.24) is 10.3 Å². The standard InChI is InChI=1S/C7H7ClN6S/c8-6-4-12-7(15-6)5(3-9)11-1-2-13-14-10/h4-5,11H,1-2H2. The van der Waals surface area contributed by atoms with Crippen LogP contribution in [0, 0.1) is 11.3 Å². The lowest BCUT2D eigenvalue weighted by Gasteiger charge is -2.05. The topological polar surface area (TPSA) is 97.5 Å². The summed E-state index contributed by atoms with van der Waals surface area (Å²) in [7, 11) is 0. The summed E-state index contributed by atoms with van der Waals surface area (Å²) in [5.41, 5.74) is 8.05. The fourth-order valence-electron chi connectivity index (χ4n) is 0.892. The number of hydrogen-bond donors (Lipinski definition) is 1. The van der Waals surface area contributed by atoms with Crippen molar-refractivity contribution in [1.29, 1.82) is 5.26 Å². The van der Waals surface area contributed by atoms with Crippen LogP contribution in [0.2, 0.25) is 4.34 Å². The summed E-state index contributed by atoms with van der Waals surface area (Å²) in [4.78, 5) is 6.59. The second kappa shape index (κ2) is 6.22. The van der Waals surface area contributed by atoms with Crippen molar-refractivity contribution in [2.45, 2.75) is 6.04 Å². The van der Waals surface area contributed by atoms with Gasteiger partial charge in [0.15, 0.2) is 0 Å². The number of hydrogen-bond acceptors (Lipinski definition) is 5. The lowest BCUT2D eigenvalue weighted by molar-refractivity contribution is 0.632. The highest BCUT2D eigenvalue weighted by molar-refractivity contribution is 7.15. The molecule has 0 bridgehead atoms. The van der Waals surface area contributed by atoms with Crippen LogP contribution in [0.25, 0.3) is 10.4 Å². The highest BCUT2D eigenvalue weighted by Crippen LogP contribution is 2.23. The Labute approximate surface area is 95.1 Å². The van der Waals surface area contributed by atoms with Crippen LogP contribution in [-0.4, -0.2) is 18.1 Å². The highest BCUT2D eigenvalue weighted by Gasteiger charge is 2.13. The molecule has 6 nitrogen and oxygen atoms in total. The Balaban J connectivity index is 2.50. The second-order valence-electron chi connectivity index (χ2n) is 2.47. The number of azide groups is 1. The normalized spacial score (nSPS) is 11.5. The van der Waals surface area contributed by atoms with Gasteiger partial charge in [0.05, 0.1) is 12.3 Å². The Bertz CT molecular complexity index is 404. The number of halogens is 1. The average Bonchev–Trinajstić information content (AvgIpc) is 2.65. The van der Waals surface area contributed by atoms with Crippen molar-refractivity contribution in [2.75, 3.05) is 13.1 Å². The molecule has 0 radical (unpaired) electrons. The predicted octanol–water partition coefficient (Wildman–Crippen LogP) is 2.26. The third-order valence-corrected chi connectivity index (χ3v) is 2.67. The van der Waals surface area contributed by atoms with Crippen LogP contribution in [-0.2, 0) is 0 Å². The molecule has 0 aliphatic carbocycles. The van der Waals surface area contributed by atoms with Gasteiger partial charge in [0.2, 0.25) is 0 Å². The van der Waals surface area contributed by atoms with Gasteiger partial charge in [-0.15, -0.1) is 11.3 Å². The van der Waals surface area contributed by atoms with Crippen LogP contribution in [0.4, 0.5) is 0 Å². The summed E-state index contributed by atoms with van der Waals surface area (Å²) < 4.78 is 0.544. The fourth-order valence-corrected chi connectivity index (χ4v) is 1.84. The Morgan fingerprint density at radius 3 is 3.20 bits per heavy atom. The molecule has 1 rings (SSSR count). The lowest BCUT2D eigenvalue weighted by Crippen LogP contribution is -2.22. The molecule has 1 aromatic rings. The van der Waals surface area contributed by atoms with Gasteiger partial charge in [0.25, 0.3) is 0 Å². The predicted molar refractivity (Wildman–Crippen MR) is 57.5 cm³/mol. The summed E-state index contributed by atoms with van der Waals surface area (Å²) in [6.07, 6.45) is 1.50. The minimum atomic E-state index is -0.503. The number of rotatable bonds is 5. The minimum absolute atomic E-state index is 0.299. The zero-order valence-corrected chi connectivity index (χ0v) is 9.16. The van der Waals surface area contributed by atoms with Gasteiger partial charge in [0, 0.05) is 18.0 Å². The molecule has 0 saturated heterocycles. The van der Waals surface area contributed by atoms with Gasteiger partial charge < -0.3 is 0 Å². The summed E-state index contributed by atoms with van der Waals surface area (Å²) in [5.74, 6) is 0. The molecule has 0 aliphatic rings. The van der Waals surface area contributed by atoms with E-state index in [-0.39, 0.29) is 0 Å². The van der Waals surface area contributed by atoms with E-state index in [9.17, 15) is 0 Å². The van der Waals surface area contributed by atoms with E-state index in [1.54, 1.807) is 0 Å². The molecule has 0 spiro atoms. The molecule has 0 fully saturated rings. The molecule has 1 aromatic heterocycles. The van der Waals surface area contributed by atoms with Gasteiger partial charge >= 0.3 is 0 Å². The largest absolute Gasteiger partial charge is 0.296 e. The molecule has 15 heavy (non-hydrogen) atoms. The Kier molecular flexibility index (Phi) is 4.87. The van der Waals surface area contributed by atoms with Crippen LogP contribution in [0.15, 0.2) is 11.3 Å².